The van der Waals surface area contributed by atoms with Crippen LogP contribution >= 0.6 is 0 Å². The van der Waals surface area contributed by atoms with Crippen molar-refractivity contribution in [2.75, 3.05) is 13.1 Å². The molecule has 128 valence electrons. The third-order valence-electron chi connectivity index (χ3n) is 5.44. The Morgan fingerprint density at radius 3 is 2.48 bits per heavy atom. The first-order valence-corrected chi connectivity index (χ1v) is 8.80. The van der Waals surface area contributed by atoms with Crippen molar-refractivity contribution in [2.45, 2.75) is 64.0 Å². The van der Waals surface area contributed by atoms with E-state index in [0.717, 1.165) is 38.5 Å². The molecular formula is C17H26N2O4. The van der Waals surface area contributed by atoms with Crippen molar-refractivity contribution in [1.82, 2.24) is 9.80 Å². The van der Waals surface area contributed by atoms with Gasteiger partial charge in [-0.1, -0.05) is 19.8 Å². The summed E-state index contributed by atoms with van der Waals surface area (Å²) in [4.78, 5) is 39.9. The van der Waals surface area contributed by atoms with E-state index in [1.54, 1.807) is 11.8 Å². The third kappa shape index (κ3) is 3.51. The molecule has 1 saturated heterocycles. The van der Waals surface area contributed by atoms with Gasteiger partial charge in [0.2, 0.25) is 11.8 Å². The highest BCUT2D eigenvalue weighted by Crippen LogP contribution is 2.33. The highest BCUT2D eigenvalue weighted by atomic mass is 16.4. The molecule has 1 heterocycles. The van der Waals surface area contributed by atoms with Crippen LogP contribution < -0.4 is 0 Å². The number of amides is 2. The molecule has 0 spiro atoms. The van der Waals surface area contributed by atoms with E-state index in [-0.39, 0.29) is 30.3 Å². The number of carbonyl (C=O) groups is 3. The predicted octanol–water partition coefficient (Wildman–Crippen LogP) is 1.49. The minimum absolute atomic E-state index is 0.0190. The zero-order valence-corrected chi connectivity index (χ0v) is 13.7. The van der Waals surface area contributed by atoms with E-state index in [2.05, 4.69) is 0 Å². The van der Waals surface area contributed by atoms with Gasteiger partial charge in [0.25, 0.3) is 0 Å². The van der Waals surface area contributed by atoms with Crippen molar-refractivity contribution < 1.29 is 19.5 Å². The summed E-state index contributed by atoms with van der Waals surface area (Å²) in [5, 5.41) is 9.11. The Hall–Kier alpha value is -1.59. The summed E-state index contributed by atoms with van der Waals surface area (Å²) in [6.45, 7) is 2.41. The fourth-order valence-electron chi connectivity index (χ4n) is 3.88. The van der Waals surface area contributed by atoms with Gasteiger partial charge in [0, 0.05) is 31.6 Å². The zero-order valence-electron chi connectivity index (χ0n) is 13.7. The van der Waals surface area contributed by atoms with E-state index < -0.39 is 11.9 Å². The molecule has 1 aliphatic heterocycles. The second-order valence-electron chi connectivity index (χ2n) is 7.35. The smallest absolute Gasteiger partial charge is 0.308 e. The highest BCUT2D eigenvalue weighted by Gasteiger charge is 2.43. The monoisotopic (exact) mass is 322 g/mol. The van der Waals surface area contributed by atoms with Crippen molar-refractivity contribution in [1.29, 1.82) is 0 Å². The Morgan fingerprint density at radius 2 is 1.91 bits per heavy atom. The molecule has 6 heteroatoms. The standard InChI is InChI=1S/C17H26N2O4/c1-11(17(22)23)9-19(14-6-7-14)16(21)12-8-15(20)18(10-12)13-4-2-3-5-13/h11-14H,2-10H2,1H3,(H,22,23)/t11-,12+/m0/s1. The lowest BCUT2D eigenvalue weighted by Crippen LogP contribution is -2.43. The van der Waals surface area contributed by atoms with Gasteiger partial charge in [0.05, 0.1) is 11.8 Å². The molecule has 3 rings (SSSR count). The van der Waals surface area contributed by atoms with Gasteiger partial charge in [-0.25, -0.2) is 0 Å². The number of hydrogen-bond acceptors (Lipinski definition) is 3. The molecule has 2 amide bonds. The Balaban J connectivity index is 1.64. The molecule has 2 saturated carbocycles. The second-order valence-corrected chi connectivity index (χ2v) is 7.35. The minimum Gasteiger partial charge on any atom is -0.481 e. The number of likely N-dealkylation sites (tertiary alicyclic amines) is 1. The number of aliphatic carboxylic acids is 1. The number of carbonyl (C=O) groups excluding carboxylic acids is 2. The second kappa shape index (κ2) is 6.49. The number of carboxylic acid groups (broad SMARTS) is 1. The maximum Gasteiger partial charge on any atom is 0.308 e. The van der Waals surface area contributed by atoms with Gasteiger partial charge >= 0.3 is 5.97 Å². The summed E-state index contributed by atoms with van der Waals surface area (Å²) in [6, 6.07) is 0.493. The molecule has 23 heavy (non-hydrogen) atoms. The molecule has 0 aromatic heterocycles. The summed E-state index contributed by atoms with van der Waals surface area (Å²) < 4.78 is 0. The summed E-state index contributed by atoms with van der Waals surface area (Å²) in [5.74, 6) is -1.66. The van der Waals surface area contributed by atoms with Crippen LogP contribution in [0.2, 0.25) is 0 Å². The van der Waals surface area contributed by atoms with Gasteiger partial charge in [0.1, 0.15) is 0 Å². The Morgan fingerprint density at radius 1 is 1.26 bits per heavy atom. The molecule has 0 unspecified atom stereocenters. The van der Waals surface area contributed by atoms with Crippen LogP contribution in [0.3, 0.4) is 0 Å². The maximum atomic E-state index is 12.8. The SMILES string of the molecule is C[C@@H](CN(C(=O)[C@@H]1CC(=O)N(C2CCCC2)C1)C1CC1)C(=O)O. The van der Waals surface area contributed by atoms with E-state index in [4.69, 9.17) is 5.11 Å². The van der Waals surface area contributed by atoms with Crippen LogP contribution in [0, 0.1) is 11.8 Å². The average molecular weight is 322 g/mol. The van der Waals surface area contributed by atoms with Crippen LogP contribution in [0.1, 0.15) is 51.9 Å². The Bertz CT molecular complexity index is 497. The van der Waals surface area contributed by atoms with Gasteiger partial charge in [-0.15, -0.1) is 0 Å². The molecule has 3 aliphatic rings. The van der Waals surface area contributed by atoms with Crippen molar-refractivity contribution in [2.24, 2.45) is 11.8 Å². The van der Waals surface area contributed by atoms with Crippen LogP contribution in [-0.2, 0) is 14.4 Å². The Labute approximate surface area is 136 Å². The van der Waals surface area contributed by atoms with Crippen LogP contribution in [0.5, 0.6) is 0 Å². The molecule has 0 bridgehead atoms. The van der Waals surface area contributed by atoms with E-state index in [1.165, 1.54) is 0 Å². The van der Waals surface area contributed by atoms with E-state index >= 15 is 0 Å². The zero-order chi connectivity index (χ0) is 16.6. The van der Waals surface area contributed by atoms with Crippen molar-refractivity contribution in [3.63, 3.8) is 0 Å². The average Bonchev–Trinajstić information content (AvgIpc) is 3.06. The molecule has 1 N–H and O–H groups in total. The number of nitrogens with zero attached hydrogens (tertiary/aromatic N) is 2. The summed E-state index contributed by atoms with van der Waals surface area (Å²) in [6.07, 6.45) is 6.62. The summed E-state index contributed by atoms with van der Waals surface area (Å²) >= 11 is 0. The van der Waals surface area contributed by atoms with Crippen molar-refractivity contribution >= 4 is 17.8 Å². The summed E-state index contributed by atoms with van der Waals surface area (Å²) in [7, 11) is 0. The normalized spacial score (nSPS) is 26.6. The minimum atomic E-state index is -0.876. The molecule has 3 fully saturated rings. The molecule has 2 atom stereocenters. The van der Waals surface area contributed by atoms with Crippen LogP contribution in [0.4, 0.5) is 0 Å². The number of carboxylic acids is 1. The predicted molar refractivity (Wildman–Crippen MR) is 83.6 cm³/mol. The van der Waals surface area contributed by atoms with Crippen LogP contribution in [0.15, 0.2) is 0 Å². The lowest BCUT2D eigenvalue weighted by atomic mass is 10.1. The third-order valence-corrected chi connectivity index (χ3v) is 5.44. The van der Waals surface area contributed by atoms with Gasteiger partial charge in [-0.05, 0) is 25.7 Å². The molecular weight excluding hydrogens is 296 g/mol. The molecule has 2 aliphatic carbocycles. The first-order chi connectivity index (χ1) is 11.0. The lowest BCUT2D eigenvalue weighted by Gasteiger charge is -2.28. The largest absolute Gasteiger partial charge is 0.481 e. The van der Waals surface area contributed by atoms with Crippen LogP contribution in [0.25, 0.3) is 0 Å². The first kappa shape index (κ1) is 16.3. The van der Waals surface area contributed by atoms with E-state index in [9.17, 15) is 14.4 Å². The van der Waals surface area contributed by atoms with Crippen molar-refractivity contribution in [3.8, 4) is 0 Å². The van der Waals surface area contributed by atoms with Crippen LogP contribution in [-0.4, -0.2) is 57.9 Å². The molecule has 0 aromatic carbocycles. The molecule has 0 aromatic rings. The topological polar surface area (TPSA) is 77.9 Å². The quantitative estimate of drug-likeness (QED) is 0.803. The lowest BCUT2D eigenvalue weighted by molar-refractivity contribution is -0.144. The van der Waals surface area contributed by atoms with E-state index in [0.29, 0.717) is 19.0 Å². The first-order valence-electron chi connectivity index (χ1n) is 8.80. The molecule has 0 radical (unpaired) electrons. The van der Waals surface area contributed by atoms with Crippen molar-refractivity contribution in [3.05, 3.63) is 0 Å². The van der Waals surface area contributed by atoms with Gasteiger partial charge < -0.3 is 14.9 Å². The van der Waals surface area contributed by atoms with Gasteiger partial charge in [-0.2, -0.15) is 0 Å². The van der Waals surface area contributed by atoms with Gasteiger partial charge in [0.15, 0.2) is 0 Å². The summed E-state index contributed by atoms with van der Waals surface area (Å²) in [5.41, 5.74) is 0. The fraction of sp³-hybridized carbons (Fsp3) is 0.824. The van der Waals surface area contributed by atoms with E-state index in [1.807, 2.05) is 4.90 Å². The highest BCUT2D eigenvalue weighted by molar-refractivity contribution is 5.90. The fourth-order valence-corrected chi connectivity index (χ4v) is 3.88. The number of hydrogen-bond donors (Lipinski definition) is 1. The van der Waals surface area contributed by atoms with Gasteiger partial charge in [-0.3, -0.25) is 14.4 Å². The maximum absolute atomic E-state index is 12.8. The molecule has 6 nitrogen and oxygen atoms in total. The number of rotatable bonds is 6. The Kier molecular flexibility index (Phi) is 4.60.